The fourth-order valence-electron chi connectivity index (χ4n) is 1.09. The number of carbonyl (C=O) groups excluding carboxylic acids is 1. The van der Waals surface area contributed by atoms with Crippen molar-refractivity contribution in [1.29, 1.82) is 0 Å². The maximum atomic E-state index is 11.3. The minimum atomic E-state index is -0.578. The molecule has 5 heteroatoms. The molecule has 4 N–H and O–H groups in total. The van der Waals surface area contributed by atoms with Gasteiger partial charge in [0.25, 0.3) is 0 Å². The monoisotopic (exact) mass is 224 g/mol. The van der Waals surface area contributed by atoms with Gasteiger partial charge in [0.05, 0.1) is 0 Å². The van der Waals surface area contributed by atoms with Crippen LogP contribution in [0.2, 0.25) is 0 Å². The molecule has 16 heavy (non-hydrogen) atoms. The molecule has 1 rings (SSSR count). The summed E-state index contributed by atoms with van der Waals surface area (Å²) in [5, 5.41) is 11.9. The molecule has 0 aliphatic heterocycles. The number of benzene rings is 1. The molecule has 88 valence electrons. The maximum Gasteiger partial charge on any atom is 0.412 e. The van der Waals surface area contributed by atoms with Crippen LogP contribution >= 0.6 is 0 Å². The Morgan fingerprint density at radius 3 is 2.94 bits per heavy atom. The van der Waals surface area contributed by atoms with E-state index in [4.69, 9.17) is 10.5 Å². The zero-order chi connectivity index (χ0) is 12.1. The van der Waals surface area contributed by atoms with Crippen molar-refractivity contribution in [2.24, 2.45) is 5.73 Å². The summed E-state index contributed by atoms with van der Waals surface area (Å²) in [4.78, 5) is 11.3. The van der Waals surface area contributed by atoms with Crippen LogP contribution in [0.3, 0.4) is 0 Å². The van der Waals surface area contributed by atoms with Gasteiger partial charge in [0.15, 0.2) is 0 Å². The molecule has 1 aromatic rings. The second-order valence-corrected chi connectivity index (χ2v) is 3.65. The fourth-order valence-corrected chi connectivity index (χ4v) is 1.09. The Hall–Kier alpha value is -1.75. The lowest BCUT2D eigenvalue weighted by atomic mass is 10.2. The minimum absolute atomic E-state index is 0.0949. The molecule has 0 bridgehead atoms. The average Bonchev–Trinajstić information content (AvgIpc) is 2.22. The smallest absolute Gasteiger partial charge is 0.412 e. The summed E-state index contributed by atoms with van der Waals surface area (Å²) in [5.41, 5.74) is 6.00. The van der Waals surface area contributed by atoms with Crippen LogP contribution in [0.15, 0.2) is 18.2 Å². The highest BCUT2D eigenvalue weighted by atomic mass is 16.6. The Kier molecular flexibility index (Phi) is 4.13. The Morgan fingerprint density at radius 2 is 2.31 bits per heavy atom. The number of ether oxygens (including phenoxy) is 1. The lowest BCUT2D eigenvalue weighted by Crippen LogP contribution is -2.36. The molecule has 1 aromatic carbocycles. The lowest BCUT2D eigenvalue weighted by molar-refractivity contribution is 0.199. The molecule has 0 heterocycles. The molecule has 0 spiro atoms. The Balaban J connectivity index is 2.59. The predicted molar refractivity (Wildman–Crippen MR) is 60.5 cm³/mol. The van der Waals surface area contributed by atoms with Gasteiger partial charge in [-0.1, -0.05) is 6.07 Å². The molecule has 0 saturated carbocycles. The van der Waals surface area contributed by atoms with Crippen molar-refractivity contribution in [2.75, 3.05) is 6.54 Å². The van der Waals surface area contributed by atoms with E-state index >= 15 is 0 Å². The number of nitrogens with two attached hydrogens (primary N) is 1. The Bertz CT molecular complexity index is 377. The average molecular weight is 224 g/mol. The van der Waals surface area contributed by atoms with E-state index < -0.39 is 6.09 Å². The Labute approximate surface area is 94.2 Å². The first-order valence-corrected chi connectivity index (χ1v) is 5.00. The SMILES string of the molecule is Cc1c(O)cccc1OC(=O)NCC(C)N. The summed E-state index contributed by atoms with van der Waals surface area (Å²) in [6.45, 7) is 3.79. The predicted octanol–water partition coefficient (Wildman–Crippen LogP) is 1.14. The van der Waals surface area contributed by atoms with Crippen LogP contribution in [-0.2, 0) is 0 Å². The van der Waals surface area contributed by atoms with Gasteiger partial charge in [-0.3, -0.25) is 0 Å². The molecular formula is C11H16N2O3. The highest BCUT2D eigenvalue weighted by molar-refractivity contribution is 5.71. The Morgan fingerprint density at radius 1 is 1.62 bits per heavy atom. The van der Waals surface area contributed by atoms with E-state index in [-0.39, 0.29) is 11.8 Å². The van der Waals surface area contributed by atoms with Crippen LogP contribution in [0, 0.1) is 6.92 Å². The van der Waals surface area contributed by atoms with Crippen LogP contribution in [0.5, 0.6) is 11.5 Å². The maximum absolute atomic E-state index is 11.3. The van der Waals surface area contributed by atoms with Crippen molar-refractivity contribution in [2.45, 2.75) is 19.9 Å². The van der Waals surface area contributed by atoms with Crippen LogP contribution < -0.4 is 15.8 Å². The molecule has 1 atom stereocenters. The highest BCUT2D eigenvalue weighted by Crippen LogP contribution is 2.25. The molecule has 5 nitrogen and oxygen atoms in total. The first-order valence-electron chi connectivity index (χ1n) is 5.00. The number of phenolic OH excluding ortho intramolecular Hbond substituents is 1. The quantitative estimate of drug-likeness (QED) is 0.718. The number of amides is 1. The van der Waals surface area contributed by atoms with Crippen LogP contribution in [0.4, 0.5) is 4.79 Å². The summed E-state index contributed by atoms with van der Waals surface area (Å²) < 4.78 is 5.01. The molecule has 0 fully saturated rings. The second kappa shape index (κ2) is 5.37. The molecule has 1 amide bonds. The summed E-state index contributed by atoms with van der Waals surface area (Å²) in [5.74, 6) is 0.430. The molecule has 0 aliphatic carbocycles. The second-order valence-electron chi connectivity index (χ2n) is 3.65. The summed E-state index contributed by atoms with van der Waals surface area (Å²) in [6, 6.07) is 4.62. The van der Waals surface area contributed by atoms with E-state index in [9.17, 15) is 9.90 Å². The number of aromatic hydroxyl groups is 1. The van der Waals surface area contributed by atoms with E-state index in [0.29, 0.717) is 17.9 Å². The van der Waals surface area contributed by atoms with Gasteiger partial charge < -0.3 is 20.9 Å². The van der Waals surface area contributed by atoms with Gasteiger partial charge in [-0.15, -0.1) is 0 Å². The van der Waals surface area contributed by atoms with Crippen LogP contribution in [0.25, 0.3) is 0 Å². The topological polar surface area (TPSA) is 84.6 Å². The summed E-state index contributed by atoms with van der Waals surface area (Å²) in [6.07, 6.45) is -0.578. The number of hydrogen-bond donors (Lipinski definition) is 3. The third-order valence-corrected chi connectivity index (χ3v) is 2.03. The van der Waals surface area contributed by atoms with Gasteiger partial charge in [-0.25, -0.2) is 4.79 Å². The van der Waals surface area contributed by atoms with Crippen molar-refractivity contribution >= 4 is 6.09 Å². The number of hydrogen-bond acceptors (Lipinski definition) is 4. The van der Waals surface area contributed by atoms with E-state index in [2.05, 4.69) is 5.32 Å². The van der Waals surface area contributed by atoms with E-state index in [0.717, 1.165) is 0 Å². The summed E-state index contributed by atoms with van der Waals surface area (Å²) >= 11 is 0. The lowest BCUT2D eigenvalue weighted by Gasteiger charge is -2.10. The van der Waals surface area contributed by atoms with Crippen molar-refractivity contribution in [1.82, 2.24) is 5.32 Å². The van der Waals surface area contributed by atoms with E-state index in [1.54, 1.807) is 26.0 Å². The molecule has 1 unspecified atom stereocenters. The molecular weight excluding hydrogens is 208 g/mol. The highest BCUT2D eigenvalue weighted by Gasteiger charge is 2.09. The first-order chi connectivity index (χ1) is 7.50. The van der Waals surface area contributed by atoms with Gasteiger partial charge in [-0.2, -0.15) is 0 Å². The summed E-state index contributed by atoms with van der Waals surface area (Å²) in [7, 11) is 0. The number of rotatable bonds is 3. The fraction of sp³-hybridized carbons (Fsp3) is 0.364. The van der Waals surface area contributed by atoms with Crippen molar-refractivity contribution in [3.8, 4) is 11.5 Å². The van der Waals surface area contributed by atoms with Gasteiger partial charge in [0.1, 0.15) is 11.5 Å². The van der Waals surface area contributed by atoms with Gasteiger partial charge >= 0.3 is 6.09 Å². The van der Waals surface area contributed by atoms with Crippen LogP contribution in [-0.4, -0.2) is 23.8 Å². The standard InChI is InChI=1S/C11H16N2O3/c1-7(12)6-13-11(15)16-10-5-3-4-9(14)8(10)2/h3-5,7,14H,6,12H2,1-2H3,(H,13,15). The third-order valence-electron chi connectivity index (χ3n) is 2.03. The number of nitrogens with one attached hydrogen (secondary N) is 1. The van der Waals surface area contributed by atoms with E-state index in [1.807, 2.05) is 0 Å². The number of carbonyl (C=O) groups is 1. The van der Waals surface area contributed by atoms with Crippen molar-refractivity contribution in [3.05, 3.63) is 23.8 Å². The van der Waals surface area contributed by atoms with Gasteiger partial charge in [0.2, 0.25) is 0 Å². The molecule has 0 radical (unpaired) electrons. The van der Waals surface area contributed by atoms with Crippen LogP contribution in [0.1, 0.15) is 12.5 Å². The van der Waals surface area contributed by atoms with Gasteiger partial charge in [-0.05, 0) is 26.0 Å². The largest absolute Gasteiger partial charge is 0.508 e. The zero-order valence-electron chi connectivity index (χ0n) is 9.36. The van der Waals surface area contributed by atoms with Crippen molar-refractivity contribution in [3.63, 3.8) is 0 Å². The molecule has 0 aromatic heterocycles. The van der Waals surface area contributed by atoms with E-state index in [1.165, 1.54) is 6.07 Å². The van der Waals surface area contributed by atoms with Crippen molar-refractivity contribution < 1.29 is 14.6 Å². The van der Waals surface area contributed by atoms with Gasteiger partial charge in [0, 0.05) is 18.2 Å². The third kappa shape index (κ3) is 3.43. The zero-order valence-corrected chi connectivity index (χ0v) is 9.36. The number of phenols is 1. The minimum Gasteiger partial charge on any atom is -0.508 e. The normalized spacial score (nSPS) is 11.9. The molecule has 0 aliphatic rings. The first kappa shape index (κ1) is 12.3. The molecule has 0 saturated heterocycles.